The summed E-state index contributed by atoms with van der Waals surface area (Å²) in [6.07, 6.45) is 0. The molecule has 0 bridgehead atoms. The lowest BCUT2D eigenvalue weighted by Crippen LogP contribution is -2.33. The zero-order valence-electron chi connectivity index (χ0n) is 8.84. The van der Waals surface area contributed by atoms with Gasteiger partial charge in [-0.15, -0.1) is 0 Å². The minimum Gasteiger partial charge on any atom is -0.384 e. The first-order valence-electron chi connectivity index (χ1n) is 4.64. The third kappa shape index (κ3) is 4.00. The Bertz CT molecular complexity index is 441. The summed E-state index contributed by atoms with van der Waals surface area (Å²) in [6.45, 7) is 0.0530. The summed E-state index contributed by atoms with van der Waals surface area (Å²) in [5.74, 6) is -0.862. The zero-order valence-corrected chi connectivity index (χ0v) is 9.66. The average molecular weight is 243 g/mol. The number of ether oxygens (including phenoxy) is 1. The number of methoxy groups -OCH3 is 1. The summed E-state index contributed by atoms with van der Waals surface area (Å²) in [5, 5.41) is 0. The molecule has 0 unspecified atom stereocenters. The largest absolute Gasteiger partial charge is 0.384 e. The van der Waals surface area contributed by atoms with Crippen molar-refractivity contribution in [3.05, 3.63) is 35.9 Å². The fourth-order valence-electron chi connectivity index (χ4n) is 1.03. The molecule has 88 valence electrons. The Morgan fingerprint density at radius 1 is 1.31 bits per heavy atom. The highest BCUT2D eigenvalue weighted by atomic mass is 32.2. The number of sulfonamides is 1. The molecule has 1 rings (SSSR count). The van der Waals surface area contributed by atoms with Crippen molar-refractivity contribution < 1.29 is 17.9 Å². The Morgan fingerprint density at radius 3 is 2.50 bits per heavy atom. The summed E-state index contributed by atoms with van der Waals surface area (Å²) in [4.78, 5) is 11.5. The van der Waals surface area contributed by atoms with Crippen molar-refractivity contribution in [2.45, 2.75) is 0 Å². The minimum absolute atomic E-state index is 0.0530. The topological polar surface area (TPSA) is 72.5 Å². The van der Waals surface area contributed by atoms with Gasteiger partial charge in [0.25, 0.3) is 5.91 Å². The second-order valence-electron chi connectivity index (χ2n) is 3.11. The van der Waals surface area contributed by atoms with E-state index >= 15 is 0 Å². The smallest absolute Gasteiger partial charge is 0.264 e. The van der Waals surface area contributed by atoms with Gasteiger partial charge >= 0.3 is 0 Å². The van der Waals surface area contributed by atoms with Crippen LogP contribution in [0.25, 0.3) is 0 Å². The number of rotatable bonds is 5. The van der Waals surface area contributed by atoms with Gasteiger partial charge in [0.2, 0.25) is 10.0 Å². The van der Waals surface area contributed by atoms with Crippen molar-refractivity contribution in [2.75, 3.05) is 19.5 Å². The molecule has 0 saturated carbocycles. The molecule has 16 heavy (non-hydrogen) atoms. The molecule has 0 radical (unpaired) electrons. The molecule has 5 nitrogen and oxygen atoms in total. The molecule has 1 N–H and O–H groups in total. The predicted octanol–water partition coefficient (Wildman–Crippen LogP) is 0.393. The maximum Gasteiger partial charge on any atom is 0.264 e. The Hall–Kier alpha value is -1.40. The van der Waals surface area contributed by atoms with Gasteiger partial charge in [-0.25, -0.2) is 13.1 Å². The molecular weight excluding hydrogens is 230 g/mol. The fraction of sp³-hybridized carbons (Fsp3) is 0.300. The highest BCUT2D eigenvalue weighted by Crippen LogP contribution is 1.99. The zero-order chi connectivity index (χ0) is 12.0. The van der Waals surface area contributed by atoms with Gasteiger partial charge in [-0.2, -0.15) is 0 Å². The molecule has 1 aromatic rings. The molecule has 1 aromatic carbocycles. The molecular formula is C10H13NO4S. The van der Waals surface area contributed by atoms with E-state index in [9.17, 15) is 13.2 Å². The standard InChI is InChI=1S/C10H13NO4S/c1-15-7-8-16(13,14)11-10(12)9-5-3-2-4-6-9/h2-6H,7-8H2,1H3,(H,11,12). The number of carbonyl (C=O) groups is 1. The monoisotopic (exact) mass is 243 g/mol. The van der Waals surface area contributed by atoms with Crippen LogP contribution in [0, 0.1) is 0 Å². The van der Waals surface area contributed by atoms with Crippen LogP contribution >= 0.6 is 0 Å². The van der Waals surface area contributed by atoms with E-state index in [1.807, 2.05) is 4.72 Å². The summed E-state index contributed by atoms with van der Waals surface area (Å²) in [7, 11) is -2.22. The summed E-state index contributed by atoms with van der Waals surface area (Å²) < 4.78 is 29.3. The van der Waals surface area contributed by atoms with Gasteiger partial charge < -0.3 is 4.74 Å². The van der Waals surface area contributed by atoms with E-state index in [-0.39, 0.29) is 12.4 Å². The van der Waals surface area contributed by atoms with Crippen LogP contribution in [0.2, 0.25) is 0 Å². The molecule has 0 spiro atoms. The highest BCUT2D eigenvalue weighted by molar-refractivity contribution is 7.90. The molecule has 6 heteroatoms. The van der Waals surface area contributed by atoms with Crippen LogP contribution in [0.15, 0.2) is 30.3 Å². The van der Waals surface area contributed by atoms with Gasteiger partial charge in [-0.3, -0.25) is 4.79 Å². The lowest BCUT2D eigenvalue weighted by atomic mass is 10.2. The van der Waals surface area contributed by atoms with Crippen LogP contribution in [0.3, 0.4) is 0 Å². The third-order valence-corrected chi connectivity index (χ3v) is 3.04. The van der Waals surface area contributed by atoms with Gasteiger partial charge in [0.05, 0.1) is 12.4 Å². The maximum absolute atomic E-state index is 11.5. The van der Waals surface area contributed by atoms with Crippen LogP contribution < -0.4 is 4.72 Å². The number of amides is 1. The van der Waals surface area contributed by atoms with Crippen molar-refractivity contribution in [3.8, 4) is 0 Å². The van der Waals surface area contributed by atoms with E-state index in [4.69, 9.17) is 0 Å². The Morgan fingerprint density at radius 2 is 1.94 bits per heavy atom. The van der Waals surface area contributed by atoms with Crippen molar-refractivity contribution >= 4 is 15.9 Å². The Kier molecular flexibility index (Phi) is 4.45. The number of hydrogen-bond donors (Lipinski definition) is 1. The van der Waals surface area contributed by atoms with Gasteiger partial charge in [-0.05, 0) is 12.1 Å². The minimum atomic E-state index is -3.62. The number of hydrogen-bond acceptors (Lipinski definition) is 4. The predicted molar refractivity (Wildman–Crippen MR) is 59.6 cm³/mol. The van der Waals surface area contributed by atoms with Crippen molar-refractivity contribution in [1.82, 2.24) is 4.72 Å². The van der Waals surface area contributed by atoms with Crippen LogP contribution in [-0.4, -0.2) is 33.8 Å². The van der Waals surface area contributed by atoms with E-state index in [0.717, 1.165) is 0 Å². The fourth-order valence-corrected chi connectivity index (χ4v) is 1.92. The molecule has 0 aromatic heterocycles. The third-order valence-electron chi connectivity index (χ3n) is 1.84. The second kappa shape index (κ2) is 5.62. The van der Waals surface area contributed by atoms with E-state index in [0.29, 0.717) is 5.56 Å². The molecule has 0 heterocycles. The molecule has 0 aliphatic heterocycles. The molecule has 0 fully saturated rings. The van der Waals surface area contributed by atoms with E-state index < -0.39 is 15.9 Å². The van der Waals surface area contributed by atoms with E-state index in [1.54, 1.807) is 30.3 Å². The Labute approximate surface area is 94.5 Å². The van der Waals surface area contributed by atoms with Gasteiger partial charge in [0, 0.05) is 12.7 Å². The lowest BCUT2D eigenvalue weighted by Gasteiger charge is -2.05. The van der Waals surface area contributed by atoms with Gasteiger partial charge in [0.1, 0.15) is 0 Å². The van der Waals surface area contributed by atoms with Crippen molar-refractivity contribution in [2.24, 2.45) is 0 Å². The van der Waals surface area contributed by atoms with E-state index in [1.165, 1.54) is 7.11 Å². The normalized spacial score (nSPS) is 11.1. The Balaban J connectivity index is 2.65. The summed E-state index contributed by atoms with van der Waals surface area (Å²) in [6, 6.07) is 8.16. The van der Waals surface area contributed by atoms with Crippen molar-refractivity contribution in [3.63, 3.8) is 0 Å². The van der Waals surface area contributed by atoms with Gasteiger partial charge in [-0.1, -0.05) is 18.2 Å². The second-order valence-corrected chi connectivity index (χ2v) is 4.95. The van der Waals surface area contributed by atoms with Crippen LogP contribution in [0.4, 0.5) is 0 Å². The van der Waals surface area contributed by atoms with Crippen LogP contribution in [-0.2, 0) is 14.8 Å². The maximum atomic E-state index is 11.5. The first-order chi connectivity index (χ1) is 7.55. The molecule has 1 amide bonds. The molecule has 0 saturated heterocycles. The lowest BCUT2D eigenvalue weighted by molar-refractivity contribution is 0.0981. The van der Waals surface area contributed by atoms with Gasteiger partial charge in [0.15, 0.2) is 0 Å². The number of benzene rings is 1. The summed E-state index contributed by atoms with van der Waals surface area (Å²) in [5.41, 5.74) is 0.309. The molecule has 0 atom stereocenters. The molecule has 0 aliphatic carbocycles. The molecule has 0 aliphatic rings. The quantitative estimate of drug-likeness (QED) is 0.812. The van der Waals surface area contributed by atoms with Crippen LogP contribution in [0.1, 0.15) is 10.4 Å². The van der Waals surface area contributed by atoms with E-state index in [2.05, 4.69) is 4.74 Å². The summed E-state index contributed by atoms with van der Waals surface area (Å²) >= 11 is 0. The highest BCUT2D eigenvalue weighted by Gasteiger charge is 2.15. The first-order valence-corrected chi connectivity index (χ1v) is 6.29. The average Bonchev–Trinajstić information content (AvgIpc) is 2.27. The van der Waals surface area contributed by atoms with Crippen molar-refractivity contribution in [1.29, 1.82) is 0 Å². The number of nitrogens with one attached hydrogen (secondary N) is 1. The first kappa shape index (κ1) is 12.7. The number of carbonyl (C=O) groups excluding carboxylic acids is 1. The van der Waals surface area contributed by atoms with Crippen LogP contribution in [0.5, 0.6) is 0 Å². The SMILES string of the molecule is COCCS(=O)(=O)NC(=O)c1ccccc1.